The Bertz CT molecular complexity index is 844. The number of quaternary nitrogens is 1. The minimum Gasteiger partial charge on any atom is -0.462 e. The summed E-state index contributed by atoms with van der Waals surface area (Å²) in [5.41, 5.74) is 2.05. The molecule has 2 aromatic rings. The highest BCUT2D eigenvalue weighted by Gasteiger charge is 2.29. The van der Waals surface area contributed by atoms with Gasteiger partial charge in [-0.3, -0.25) is 0 Å². The number of ether oxygens (including phenoxy) is 2. The lowest BCUT2D eigenvalue weighted by Gasteiger charge is -2.32. The van der Waals surface area contributed by atoms with E-state index in [-0.39, 0.29) is 13.2 Å². The van der Waals surface area contributed by atoms with Crippen molar-refractivity contribution in [1.82, 2.24) is 15.0 Å². The molecule has 2 aromatic heterocycles. The van der Waals surface area contributed by atoms with Crippen molar-refractivity contribution in [2.24, 2.45) is 0 Å². The van der Waals surface area contributed by atoms with Gasteiger partial charge in [-0.2, -0.15) is 0 Å². The topological polar surface area (TPSA) is 102 Å². The second-order valence-corrected chi connectivity index (χ2v) is 6.88. The van der Waals surface area contributed by atoms with Crippen LogP contribution in [0.1, 0.15) is 46.0 Å². The van der Waals surface area contributed by atoms with Crippen LogP contribution < -0.4 is 9.80 Å². The van der Waals surface area contributed by atoms with E-state index in [1.54, 1.807) is 39.2 Å². The third-order valence-electron chi connectivity index (χ3n) is 5.02. The highest BCUT2D eigenvalue weighted by atomic mass is 16.5. The van der Waals surface area contributed by atoms with E-state index in [0.717, 1.165) is 32.1 Å². The predicted octanol–water partition coefficient (Wildman–Crippen LogP) is 0.372. The number of hydrogen-bond acceptors (Lipinski definition) is 7. The maximum absolute atomic E-state index is 12.5. The fourth-order valence-electron chi connectivity index (χ4n) is 3.58. The molecule has 9 nitrogen and oxygen atoms in total. The third-order valence-corrected chi connectivity index (χ3v) is 5.02. The van der Waals surface area contributed by atoms with E-state index in [1.165, 1.54) is 4.90 Å². The van der Waals surface area contributed by atoms with E-state index in [0.29, 0.717) is 29.1 Å². The fourth-order valence-corrected chi connectivity index (χ4v) is 3.58. The quantitative estimate of drug-likeness (QED) is 0.645. The summed E-state index contributed by atoms with van der Waals surface area (Å²) in [4.78, 5) is 40.0. The molecule has 9 heteroatoms. The van der Waals surface area contributed by atoms with Gasteiger partial charge in [-0.05, 0) is 32.4 Å². The molecule has 0 saturated carbocycles. The van der Waals surface area contributed by atoms with Gasteiger partial charge in [-0.15, -0.1) is 0 Å². The van der Waals surface area contributed by atoms with Gasteiger partial charge in [0.1, 0.15) is 12.2 Å². The molecule has 3 heterocycles. The number of carbonyl (C=O) groups is 2. The first kappa shape index (κ1) is 20.8. The average Bonchev–Trinajstić information content (AvgIpc) is 3.05. The van der Waals surface area contributed by atoms with Crippen LogP contribution in [0.3, 0.4) is 0 Å². The van der Waals surface area contributed by atoms with Gasteiger partial charge in [0.15, 0.2) is 0 Å². The molecule has 1 aliphatic heterocycles. The lowest BCUT2D eigenvalue weighted by molar-refractivity contribution is -0.914. The van der Waals surface area contributed by atoms with E-state index >= 15 is 0 Å². The van der Waals surface area contributed by atoms with Crippen LogP contribution in [-0.2, 0) is 16.0 Å². The fraction of sp³-hybridized carbons (Fsp3) is 0.500. The Morgan fingerprint density at radius 2 is 1.72 bits per heavy atom. The van der Waals surface area contributed by atoms with Gasteiger partial charge >= 0.3 is 11.9 Å². The molecular weight excluding hydrogens is 374 g/mol. The first-order chi connectivity index (χ1) is 14.0. The molecular formula is C20H28N5O4+. The van der Waals surface area contributed by atoms with Crippen molar-refractivity contribution in [3.8, 4) is 0 Å². The van der Waals surface area contributed by atoms with E-state index < -0.39 is 11.9 Å². The number of H-pyrrole nitrogens is 1. The zero-order valence-corrected chi connectivity index (χ0v) is 17.2. The molecule has 0 radical (unpaired) electrons. The highest BCUT2D eigenvalue weighted by Crippen LogP contribution is 2.20. The number of rotatable bonds is 7. The Labute approximate surface area is 170 Å². The van der Waals surface area contributed by atoms with Crippen LogP contribution in [0.5, 0.6) is 0 Å². The number of esters is 2. The van der Waals surface area contributed by atoms with Crippen LogP contribution in [0.4, 0.5) is 5.95 Å². The van der Waals surface area contributed by atoms with E-state index in [4.69, 9.17) is 9.47 Å². The Kier molecular flexibility index (Phi) is 6.82. The van der Waals surface area contributed by atoms with Crippen LogP contribution in [0, 0.1) is 6.92 Å². The van der Waals surface area contributed by atoms with Crippen molar-refractivity contribution < 1.29 is 24.0 Å². The predicted molar refractivity (Wildman–Crippen MR) is 106 cm³/mol. The third kappa shape index (κ3) is 4.73. The van der Waals surface area contributed by atoms with Gasteiger partial charge < -0.3 is 24.3 Å². The maximum atomic E-state index is 12.5. The molecule has 1 saturated heterocycles. The smallest absolute Gasteiger partial charge is 0.355 e. The van der Waals surface area contributed by atoms with Crippen molar-refractivity contribution in [3.05, 3.63) is 41.0 Å². The Balaban J connectivity index is 1.75. The van der Waals surface area contributed by atoms with Crippen LogP contribution >= 0.6 is 0 Å². The molecule has 0 unspecified atom stereocenters. The van der Waals surface area contributed by atoms with E-state index in [9.17, 15) is 9.59 Å². The van der Waals surface area contributed by atoms with E-state index in [2.05, 4.69) is 19.9 Å². The SMILES string of the molecule is CCOC(=O)c1[nH]c(C[NH+]2CCN(c3ncccn3)CC2)c(C(=O)OCC)c1C. The second-order valence-electron chi connectivity index (χ2n) is 6.88. The number of aromatic amines is 1. The minimum absolute atomic E-state index is 0.274. The number of aromatic nitrogens is 3. The Hall–Kier alpha value is -2.94. The first-order valence-corrected chi connectivity index (χ1v) is 9.96. The second kappa shape index (κ2) is 9.51. The zero-order chi connectivity index (χ0) is 20.8. The van der Waals surface area contributed by atoms with Gasteiger partial charge in [0.25, 0.3) is 0 Å². The summed E-state index contributed by atoms with van der Waals surface area (Å²) < 4.78 is 10.3. The van der Waals surface area contributed by atoms with Gasteiger partial charge in [-0.1, -0.05) is 0 Å². The molecule has 0 bridgehead atoms. The lowest BCUT2D eigenvalue weighted by atomic mass is 10.1. The van der Waals surface area contributed by atoms with Gasteiger partial charge in [0.05, 0.1) is 50.7 Å². The van der Waals surface area contributed by atoms with Gasteiger partial charge in [-0.25, -0.2) is 19.6 Å². The molecule has 0 aromatic carbocycles. The lowest BCUT2D eigenvalue weighted by Crippen LogP contribution is -3.13. The van der Waals surface area contributed by atoms with E-state index in [1.807, 2.05) is 0 Å². The average molecular weight is 402 g/mol. The number of piperazine rings is 1. The summed E-state index contributed by atoms with van der Waals surface area (Å²) in [6.07, 6.45) is 3.48. The van der Waals surface area contributed by atoms with Gasteiger partial charge in [0.2, 0.25) is 5.95 Å². The molecule has 3 rings (SSSR count). The molecule has 1 fully saturated rings. The summed E-state index contributed by atoms with van der Waals surface area (Å²) in [5, 5.41) is 0. The molecule has 0 amide bonds. The summed E-state index contributed by atoms with van der Waals surface area (Å²) in [6, 6.07) is 1.80. The maximum Gasteiger partial charge on any atom is 0.355 e. The summed E-state index contributed by atoms with van der Waals surface area (Å²) >= 11 is 0. The molecule has 0 aliphatic carbocycles. The van der Waals surface area contributed by atoms with Crippen LogP contribution in [0.15, 0.2) is 18.5 Å². The number of carbonyl (C=O) groups excluding carboxylic acids is 2. The molecule has 29 heavy (non-hydrogen) atoms. The van der Waals surface area contributed by atoms with Crippen molar-refractivity contribution in [2.45, 2.75) is 27.3 Å². The monoisotopic (exact) mass is 402 g/mol. The molecule has 2 N–H and O–H groups in total. The molecule has 1 aliphatic rings. The Morgan fingerprint density at radius 1 is 1.10 bits per heavy atom. The molecule has 0 atom stereocenters. The minimum atomic E-state index is -0.456. The summed E-state index contributed by atoms with van der Waals surface area (Å²) in [5.74, 6) is -0.135. The normalized spacial score (nSPS) is 14.7. The van der Waals surface area contributed by atoms with Gasteiger partial charge in [0, 0.05) is 12.4 Å². The number of hydrogen-bond donors (Lipinski definition) is 2. The van der Waals surface area contributed by atoms with Crippen LogP contribution in [0.25, 0.3) is 0 Å². The number of nitrogens with zero attached hydrogens (tertiary/aromatic N) is 3. The summed E-state index contributed by atoms with van der Waals surface area (Å²) in [7, 11) is 0. The largest absolute Gasteiger partial charge is 0.462 e. The Morgan fingerprint density at radius 3 is 2.34 bits per heavy atom. The zero-order valence-electron chi connectivity index (χ0n) is 17.2. The summed E-state index contributed by atoms with van der Waals surface area (Å²) in [6.45, 7) is 9.79. The van der Waals surface area contributed by atoms with Crippen molar-refractivity contribution in [1.29, 1.82) is 0 Å². The van der Waals surface area contributed by atoms with Crippen molar-refractivity contribution in [3.63, 3.8) is 0 Å². The highest BCUT2D eigenvalue weighted by molar-refractivity contribution is 5.98. The molecule has 156 valence electrons. The number of nitrogens with one attached hydrogen (secondary N) is 2. The molecule has 0 spiro atoms. The number of anilines is 1. The van der Waals surface area contributed by atoms with Crippen LogP contribution in [0.2, 0.25) is 0 Å². The first-order valence-electron chi connectivity index (χ1n) is 9.96. The van der Waals surface area contributed by atoms with Crippen LogP contribution in [-0.4, -0.2) is 66.3 Å². The van der Waals surface area contributed by atoms with Crippen molar-refractivity contribution in [2.75, 3.05) is 44.3 Å². The standard InChI is InChI=1S/C20H27N5O4/c1-4-28-18(26)16-14(3)17(19(27)29-5-2)23-15(16)13-24-9-11-25(12-10-24)20-21-7-6-8-22-20/h6-8,23H,4-5,9-13H2,1-3H3/p+1. The van der Waals surface area contributed by atoms with Crippen molar-refractivity contribution >= 4 is 17.9 Å².